The molecule has 0 amide bonds. The first kappa shape index (κ1) is 23.0. The van der Waals surface area contributed by atoms with E-state index in [2.05, 4.69) is 0 Å². The van der Waals surface area contributed by atoms with Crippen molar-refractivity contribution in [1.82, 2.24) is 0 Å². The van der Waals surface area contributed by atoms with Gasteiger partial charge in [0.2, 0.25) is 0 Å². The lowest BCUT2D eigenvalue weighted by molar-refractivity contribution is -0.131. The Bertz CT molecular complexity index is 1090. The number of carbonyl (C=O) groups is 2. The lowest BCUT2D eigenvalue weighted by Crippen LogP contribution is -2.14. The van der Waals surface area contributed by atoms with Crippen LogP contribution >= 0.6 is 11.6 Å². The Morgan fingerprint density at radius 2 is 1.28 bits per heavy atom. The Hall–Kier alpha value is -3.71. The predicted molar refractivity (Wildman–Crippen MR) is 118 cm³/mol. The first-order chi connectivity index (χ1) is 15.4. The topological polar surface area (TPSA) is 91.3 Å². The first-order valence-corrected chi connectivity index (χ1v) is 9.92. The van der Waals surface area contributed by atoms with Crippen LogP contribution in [0.25, 0.3) is 0 Å². The van der Waals surface area contributed by atoms with Crippen LogP contribution in [0.1, 0.15) is 21.5 Å². The molecular formula is C24H21ClO7. The van der Waals surface area contributed by atoms with Crippen LogP contribution in [-0.4, -0.2) is 31.1 Å². The molecule has 7 nitrogen and oxygen atoms in total. The summed E-state index contributed by atoms with van der Waals surface area (Å²) in [5.74, 6) is -0.962. The summed E-state index contributed by atoms with van der Waals surface area (Å²) in [6.07, 6.45) is 0. The van der Waals surface area contributed by atoms with Gasteiger partial charge in [-0.3, -0.25) is 4.79 Å². The molecule has 0 aromatic heterocycles. The largest absolute Gasteiger partial charge is 0.497 e. The van der Waals surface area contributed by atoms with Gasteiger partial charge in [0.15, 0.2) is 11.5 Å². The van der Waals surface area contributed by atoms with Crippen molar-refractivity contribution in [1.29, 1.82) is 0 Å². The second kappa shape index (κ2) is 10.5. The van der Waals surface area contributed by atoms with Gasteiger partial charge in [0.1, 0.15) is 24.7 Å². The van der Waals surface area contributed by atoms with Gasteiger partial charge in [-0.15, -0.1) is 0 Å². The molecule has 0 radical (unpaired) electrons. The van der Waals surface area contributed by atoms with Crippen LogP contribution in [0.3, 0.4) is 0 Å². The van der Waals surface area contributed by atoms with Crippen molar-refractivity contribution in [2.24, 2.45) is 0 Å². The minimum atomic E-state index is -1.61. The molecule has 0 bridgehead atoms. The molecule has 0 saturated heterocycles. The fourth-order valence-electron chi connectivity index (χ4n) is 2.84. The van der Waals surface area contributed by atoms with E-state index in [0.29, 0.717) is 5.75 Å². The van der Waals surface area contributed by atoms with E-state index in [1.165, 1.54) is 12.1 Å². The Kier molecular flexibility index (Phi) is 7.57. The van der Waals surface area contributed by atoms with Crippen molar-refractivity contribution in [3.05, 3.63) is 82.4 Å². The summed E-state index contributed by atoms with van der Waals surface area (Å²) in [6.45, 7) is 0.318. The van der Waals surface area contributed by atoms with Crippen LogP contribution in [-0.2, 0) is 18.0 Å². The molecule has 3 aromatic carbocycles. The number of aliphatic carboxylic acids is 1. The molecule has 1 N–H and O–H groups in total. The zero-order valence-corrected chi connectivity index (χ0v) is 18.2. The second-order valence-corrected chi connectivity index (χ2v) is 7.04. The molecule has 0 aliphatic carbocycles. The lowest BCUT2D eigenvalue weighted by Gasteiger charge is -2.16. The number of ketones is 1. The number of carboxylic acids is 1. The molecule has 0 spiro atoms. The zero-order chi connectivity index (χ0) is 23.1. The van der Waals surface area contributed by atoms with Crippen molar-refractivity contribution in [2.75, 3.05) is 14.2 Å². The smallest absolute Gasteiger partial charge is 0.377 e. The number of halogens is 1. The number of benzene rings is 3. The number of Topliss-reactive ketones (excluding diaryl/α,β-unsaturated/α-hetero) is 1. The average Bonchev–Trinajstić information content (AvgIpc) is 2.82. The van der Waals surface area contributed by atoms with E-state index in [4.69, 9.17) is 35.7 Å². The number of hydrogen-bond acceptors (Lipinski definition) is 6. The number of carbonyl (C=O) groups excluding carboxylic acids is 1. The van der Waals surface area contributed by atoms with Crippen LogP contribution in [0, 0.1) is 0 Å². The molecule has 3 aromatic rings. The number of methoxy groups -OCH3 is 2. The average molecular weight is 457 g/mol. The highest BCUT2D eigenvalue weighted by atomic mass is 35.5. The summed E-state index contributed by atoms with van der Waals surface area (Å²) in [5, 5.41) is 8.94. The molecule has 166 valence electrons. The molecule has 8 heteroatoms. The van der Waals surface area contributed by atoms with Gasteiger partial charge < -0.3 is 24.1 Å². The maximum Gasteiger partial charge on any atom is 0.377 e. The fourth-order valence-corrected chi connectivity index (χ4v) is 3.13. The van der Waals surface area contributed by atoms with Crippen molar-refractivity contribution in [3.63, 3.8) is 0 Å². The normalized spacial score (nSPS) is 10.3. The Balaban J connectivity index is 1.85. The maximum absolute atomic E-state index is 12.0. The molecule has 0 unspecified atom stereocenters. The summed E-state index contributed by atoms with van der Waals surface area (Å²) in [5.41, 5.74) is 1.51. The quantitative estimate of drug-likeness (QED) is 0.346. The first-order valence-electron chi connectivity index (χ1n) is 9.54. The maximum atomic E-state index is 12.0. The summed E-state index contributed by atoms with van der Waals surface area (Å²) in [7, 11) is 3.16. The van der Waals surface area contributed by atoms with Gasteiger partial charge in [0.25, 0.3) is 5.78 Å². The van der Waals surface area contributed by atoms with Crippen molar-refractivity contribution >= 4 is 23.4 Å². The van der Waals surface area contributed by atoms with Gasteiger partial charge >= 0.3 is 5.97 Å². The summed E-state index contributed by atoms with van der Waals surface area (Å²) >= 11 is 6.36. The second-order valence-electron chi connectivity index (χ2n) is 6.66. The third-order valence-corrected chi connectivity index (χ3v) is 4.97. The van der Waals surface area contributed by atoms with E-state index in [-0.39, 0.29) is 35.3 Å². The summed E-state index contributed by atoms with van der Waals surface area (Å²) in [4.78, 5) is 23.2. The Morgan fingerprint density at radius 3 is 1.75 bits per heavy atom. The third-order valence-electron chi connectivity index (χ3n) is 4.60. The molecule has 0 aliphatic rings. The lowest BCUT2D eigenvalue weighted by atomic mass is 10.1. The zero-order valence-electron chi connectivity index (χ0n) is 17.5. The van der Waals surface area contributed by atoms with Crippen molar-refractivity contribution < 1.29 is 33.6 Å². The molecule has 3 rings (SSSR count). The van der Waals surface area contributed by atoms with Crippen LogP contribution in [0.4, 0.5) is 0 Å². The van der Waals surface area contributed by atoms with Gasteiger partial charge in [-0.1, -0.05) is 35.9 Å². The van der Waals surface area contributed by atoms with E-state index < -0.39 is 11.8 Å². The van der Waals surface area contributed by atoms with Gasteiger partial charge in [0.05, 0.1) is 24.8 Å². The summed E-state index contributed by atoms with van der Waals surface area (Å²) in [6, 6.07) is 17.3. The molecule has 0 atom stereocenters. The predicted octanol–water partition coefficient (Wildman–Crippen LogP) is 4.78. The standard InChI is InChI=1S/C24H21ClO7/c1-29-17-7-3-15(4-8-17)13-31-20-12-11-19(22(26)24(27)28)21(25)23(20)32-14-16-5-9-18(30-2)10-6-16/h3-12H,13-14H2,1-2H3,(H,27,28). The molecule has 0 fully saturated rings. The molecular weight excluding hydrogens is 436 g/mol. The monoisotopic (exact) mass is 456 g/mol. The van der Waals surface area contributed by atoms with E-state index in [9.17, 15) is 9.59 Å². The molecule has 32 heavy (non-hydrogen) atoms. The Labute approximate surface area is 190 Å². The number of ether oxygens (including phenoxy) is 4. The third kappa shape index (κ3) is 5.50. The Morgan fingerprint density at radius 1 is 0.781 bits per heavy atom. The molecule has 0 heterocycles. The van der Waals surface area contributed by atoms with E-state index in [1.54, 1.807) is 38.5 Å². The van der Waals surface area contributed by atoms with Crippen molar-refractivity contribution in [2.45, 2.75) is 13.2 Å². The number of rotatable bonds is 10. The van der Waals surface area contributed by atoms with E-state index in [1.807, 2.05) is 24.3 Å². The molecule has 0 saturated carbocycles. The van der Waals surface area contributed by atoms with E-state index in [0.717, 1.165) is 16.9 Å². The van der Waals surface area contributed by atoms with Crippen molar-refractivity contribution in [3.8, 4) is 23.0 Å². The van der Waals surface area contributed by atoms with Gasteiger partial charge in [-0.25, -0.2) is 4.79 Å². The minimum Gasteiger partial charge on any atom is -0.497 e. The van der Waals surface area contributed by atoms with Crippen LogP contribution in [0.15, 0.2) is 60.7 Å². The van der Waals surface area contributed by atoms with Crippen LogP contribution < -0.4 is 18.9 Å². The highest BCUT2D eigenvalue weighted by Gasteiger charge is 2.23. The van der Waals surface area contributed by atoms with Gasteiger partial charge in [0, 0.05) is 0 Å². The van der Waals surface area contributed by atoms with Crippen LogP contribution in [0.5, 0.6) is 23.0 Å². The minimum absolute atomic E-state index is 0.0862. The highest BCUT2D eigenvalue weighted by Crippen LogP contribution is 2.39. The summed E-state index contributed by atoms with van der Waals surface area (Å²) < 4.78 is 22.0. The van der Waals surface area contributed by atoms with E-state index >= 15 is 0 Å². The van der Waals surface area contributed by atoms with Gasteiger partial charge in [-0.05, 0) is 47.5 Å². The highest BCUT2D eigenvalue weighted by molar-refractivity contribution is 6.45. The fraction of sp³-hybridized carbons (Fsp3) is 0.167. The molecule has 0 aliphatic heterocycles. The number of carboxylic acid groups (broad SMARTS) is 1. The van der Waals surface area contributed by atoms with Gasteiger partial charge in [-0.2, -0.15) is 0 Å². The number of hydrogen-bond donors (Lipinski definition) is 1. The SMILES string of the molecule is COc1ccc(COc2ccc(C(=O)C(=O)O)c(Cl)c2OCc2ccc(OC)cc2)cc1. The van der Waals surface area contributed by atoms with Crippen LogP contribution in [0.2, 0.25) is 5.02 Å².